The Bertz CT molecular complexity index is 1210. The topological polar surface area (TPSA) is 101 Å². The van der Waals surface area contributed by atoms with Crippen molar-refractivity contribution in [1.29, 1.82) is 5.26 Å². The summed E-state index contributed by atoms with van der Waals surface area (Å²) in [6.07, 6.45) is -1.53. The molecular weight excluding hydrogens is 482 g/mol. The van der Waals surface area contributed by atoms with Crippen molar-refractivity contribution < 1.29 is 23.8 Å². The molecule has 196 valence electrons. The molecular formula is C30H31N3O5. The van der Waals surface area contributed by atoms with Crippen molar-refractivity contribution in [1.82, 2.24) is 10.2 Å². The third kappa shape index (κ3) is 7.90. The normalized spacial score (nSPS) is 14.7. The van der Waals surface area contributed by atoms with Gasteiger partial charge < -0.3 is 24.4 Å². The number of nitriles is 1. The number of hydrogen-bond acceptors (Lipinski definition) is 6. The van der Waals surface area contributed by atoms with Gasteiger partial charge in [-0.05, 0) is 22.3 Å². The summed E-state index contributed by atoms with van der Waals surface area (Å²) in [7, 11) is 0. The number of hydrogen-bond donors (Lipinski definition) is 1. The highest BCUT2D eigenvalue weighted by Gasteiger charge is 2.29. The van der Waals surface area contributed by atoms with Crippen molar-refractivity contribution in [2.45, 2.75) is 25.2 Å². The molecule has 8 heteroatoms. The van der Waals surface area contributed by atoms with Gasteiger partial charge in [-0.1, -0.05) is 84.9 Å². The van der Waals surface area contributed by atoms with Gasteiger partial charge in [0.1, 0.15) is 6.04 Å². The molecule has 0 spiro atoms. The van der Waals surface area contributed by atoms with Gasteiger partial charge in [-0.2, -0.15) is 5.26 Å². The molecule has 1 N–H and O–H groups in total. The Morgan fingerprint density at radius 3 is 2.18 bits per heavy atom. The molecule has 2 amide bonds. The summed E-state index contributed by atoms with van der Waals surface area (Å²) >= 11 is 0. The van der Waals surface area contributed by atoms with E-state index in [1.54, 1.807) is 0 Å². The molecule has 2 atom stereocenters. The monoisotopic (exact) mass is 513 g/mol. The first-order valence-electron chi connectivity index (χ1n) is 12.6. The van der Waals surface area contributed by atoms with Crippen molar-refractivity contribution in [3.63, 3.8) is 0 Å². The summed E-state index contributed by atoms with van der Waals surface area (Å²) in [6, 6.07) is 28.5. The molecule has 0 saturated carbocycles. The van der Waals surface area contributed by atoms with Gasteiger partial charge in [-0.3, -0.25) is 4.79 Å². The summed E-state index contributed by atoms with van der Waals surface area (Å²) < 4.78 is 16.6. The van der Waals surface area contributed by atoms with Gasteiger partial charge in [-0.15, -0.1) is 0 Å². The van der Waals surface area contributed by atoms with Gasteiger partial charge in [-0.25, -0.2) is 4.79 Å². The van der Waals surface area contributed by atoms with Crippen LogP contribution in [0.4, 0.5) is 4.79 Å². The van der Waals surface area contributed by atoms with E-state index in [2.05, 4.69) is 11.4 Å². The fourth-order valence-corrected chi connectivity index (χ4v) is 4.05. The fraction of sp³-hybridized carbons (Fsp3) is 0.300. The molecule has 0 radical (unpaired) electrons. The van der Waals surface area contributed by atoms with Crippen LogP contribution in [0.25, 0.3) is 11.1 Å². The smallest absolute Gasteiger partial charge is 0.410 e. The predicted octanol–water partition coefficient (Wildman–Crippen LogP) is 3.96. The number of carbonyl (C=O) groups excluding carboxylic acids is 2. The number of amides is 2. The second-order valence-corrected chi connectivity index (χ2v) is 8.93. The van der Waals surface area contributed by atoms with Gasteiger partial charge in [0, 0.05) is 19.5 Å². The molecule has 3 aromatic rings. The van der Waals surface area contributed by atoms with E-state index in [-0.39, 0.29) is 13.0 Å². The van der Waals surface area contributed by atoms with E-state index in [0.29, 0.717) is 32.9 Å². The standard InChI is InChI=1S/C30H31N3O5/c31-20-27(22-37-21-24-7-3-1-4-8-24)32-29(34)28(38-30(35)33-15-17-36-18-16-33)19-23-11-13-26(14-12-23)25-9-5-2-6-10-25/h1-14,27-28H,15-19,21-22H2,(H,32,34). The number of nitrogens with zero attached hydrogens (tertiary/aromatic N) is 2. The minimum atomic E-state index is -1.11. The van der Waals surface area contributed by atoms with Crippen LogP contribution in [0.2, 0.25) is 0 Å². The Balaban J connectivity index is 1.41. The van der Waals surface area contributed by atoms with Crippen molar-refractivity contribution in [2.75, 3.05) is 32.9 Å². The highest BCUT2D eigenvalue weighted by Crippen LogP contribution is 2.20. The van der Waals surface area contributed by atoms with Gasteiger partial charge >= 0.3 is 6.09 Å². The molecule has 2 unspecified atom stereocenters. The minimum Gasteiger partial charge on any atom is -0.436 e. The average Bonchev–Trinajstić information content (AvgIpc) is 2.98. The van der Waals surface area contributed by atoms with Gasteiger partial charge in [0.2, 0.25) is 0 Å². The van der Waals surface area contributed by atoms with Crippen LogP contribution in [0.15, 0.2) is 84.9 Å². The largest absolute Gasteiger partial charge is 0.436 e. The zero-order chi connectivity index (χ0) is 26.6. The van der Waals surface area contributed by atoms with Crippen molar-refractivity contribution in [3.05, 3.63) is 96.1 Å². The van der Waals surface area contributed by atoms with Crippen LogP contribution in [-0.2, 0) is 32.0 Å². The molecule has 0 aromatic heterocycles. The van der Waals surface area contributed by atoms with Crippen LogP contribution in [0.1, 0.15) is 11.1 Å². The Kier molecular flexibility index (Phi) is 9.85. The molecule has 8 nitrogen and oxygen atoms in total. The summed E-state index contributed by atoms with van der Waals surface area (Å²) in [5, 5.41) is 12.3. The van der Waals surface area contributed by atoms with Crippen molar-refractivity contribution in [3.8, 4) is 17.2 Å². The first kappa shape index (κ1) is 26.9. The van der Waals surface area contributed by atoms with E-state index in [0.717, 1.165) is 22.3 Å². The lowest BCUT2D eigenvalue weighted by molar-refractivity contribution is -0.131. The Labute approximate surface area is 222 Å². The van der Waals surface area contributed by atoms with E-state index in [1.807, 2.05) is 84.9 Å². The van der Waals surface area contributed by atoms with Crippen LogP contribution in [-0.4, -0.2) is 62.0 Å². The lowest BCUT2D eigenvalue weighted by Crippen LogP contribution is -2.48. The number of benzene rings is 3. The molecule has 1 heterocycles. The van der Waals surface area contributed by atoms with Gasteiger partial charge in [0.25, 0.3) is 5.91 Å². The van der Waals surface area contributed by atoms with E-state index >= 15 is 0 Å². The van der Waals surface area contributed by atoms with Crippen LogP contribution >= 0.6 is 0 Å². The van der Waals surface area contributed by atoms with E-state index in [4.69, 9.17) is 14.2 Å². The van der Waals surface area contributed by atoms with Gasteiger partial charge in [0.15, 0.2) is 6.10 Å². The Morgan fingerprint density at radius 1 is 0.895 bits per heavy atom. The summed E-state index contributed by atoms with van der Waals surface area (Å²) in [5.74, 6) is -0.548. The third-order valence-corrected chi connectivity index (χ3v) is 6.16. The predicted molar refractivity (Wildman–Crippen MR) is 142 cm³/mol. The van der Waals surface area contributed by atoms with E-state index in [9.17, 15) is 14.9 Å². The second kappa shape index (κ2) is 13.9. The van der Waals surface area contributed by atoms with E-state index in [1.165, 1.54) is 4.90 Å². The maximum Gasteiger partial charge on any atom is 0.410 e. The van der Waals surface area contributed by atoms with Crippen LogP contribution < -0.4 is 5.32 Å². The number of carbonyl (C=O) groups is 2. The Hall–Kier alpha value is -4.19. The average molecular weight is 514 g/mol. The highest BCUT2D eigenvalue weighted by atomic mass is 16.6. The SMILES string of the molecule is N#CC(COCc1ccccc1)NC(=O)C(Cc1ccc(-c2ccccc2)cc1)OC(=O)N1CCOCC1. The Morgan fingerprint density at radius 2 is 1.53 bits per heavy atom. The molecule has 1 fully saturated rings. The molecule has 3 aromatic carbocycles. The third-order valence-electron chi connectivity index (χ3n) is 6.16. The lowest BCUT2D eigenvalue weighted by Gasteiger charge is -2.28. The summed E-state index contributed by atoms with van der Waals surface area (Å²) in [4.78, 5) is 27.5. The zero-order valence-corrected chi connectivity index (χ0v) is 21.1. The van der Waals surface area contributed by atoms with Crippen LogP contribution in [0, 0.1) is 11.3 Å². The maximum atomic E-state index is 13.2. The van der Waals surface area contributed by atoms with E-state index < -0.39 is 24.1 Å². The molecule has 0 bridgehead atoms. The van der Waals surface area contributed by atoms with Gasteiger partial charge in [0.05, 0.1) is 32.5 Å². The lowest BCUT2D eigenvalue weighted by atomic mass is 10.0. The van der Waals surface area contributed by atoms with Crippen LogP contribution in [0.5, 0.6) is 0 Å². The van der Waals surface area contributed by atoms with Crippen molar-refractivity contribution >= 4 is 12.0 Å². The second-order valence-electron chi connectivity index (χ2n) is 8.93. The molecule has 0 aliphatic carbocycles. The van der Waals surface area contributed by atoms with Crippen LogP contribution in [0.3, 0.4) is 0 Å². The first-order chi connectivity index (χ1) is 18.6. The maximum absolute atomic E-state index is 13.2. The molecule has 1 aliphatic heterocycles. The zero-order valence-electron chi connectivity index (χ0n) is 21.1. The van der Waals surface area contributed by atoms with Crippen molar-refractivity contribution in [2.24, 2.45) is 0 Å². The number of ether oxygens (including phenoxy) is 3. The number of rotatable bonds is 10. The summed E-state index contributed by atoms with van der Waals surface area (Å²) in [6.45, 7) is 1.95. The molecule has 38 heavy (non-hydrogen) atoms. The molecule has 1 aliphatic rings. The minimum absolute atomic E-state index is 0.00698. The highest BCUT2D eigenvalue weighted by molar-refractivity contribution is 5.84. The summed E-state index contributed by atoms with van der Waals surface area (Å²) in [5.41, 5.74) is 3.92. The first-order valence-corrected chi connectivity index (χ1v) is 12.6. The quantitative estimate of drug-likeness (QED) is 0.441. The number of nitrogens with one attached hydrogen (secondary N) is 1. The molecule has 1 saturated heterocycles. The molecule has 4 rings (SSSR count). The number of morpholine rings is 1. The fourth-order valence-electron chi connectivity index (χ4n) is 4.05.